The van der Waals surface area contributed by atoms with Gasteiger partial charge in [0.15, 0.2) is 0 Å². The van der Waals surface area contributed by atoms with E-state index < -0.39 is 0 Å². The van der Waals surface area contributed by atoms with Crippen molar-refractivity contribution >= 4 is 0 Å². The summed E-state index contributed by atoms with van der Waals surface area (Å²) in [6.45, 7) is 0. The monoisotopic (exact) mass is 995 g/mol. The summed E-state index contributed by atoms with van der Waals surface area (Å²) < 4.78 is 0. The maximum absolute atomic E-state index is 4.87. The largest absolute Gasteiger partial charge is 0.264 e. The van der Waals surface area contributed by atoms with Crippen LogP contribution in [0.4, 0.5) is 0 Å². The molecule has 0 unspecified atom stereocenters. The van der Waals surface area contributed by atoms with Crippen molar-refractivity contribution in [2.24, 2.45) is 0 Å². The third-order valence-electron chi connectivity index (χ3n) is 14.4. The van der Waals surface area contributed by atoms with Crippen molar-refractivity contribution in [3.8, 4) is 134 Å². The molecule has 0 bridgehead atoms. The minimum Gasteiger partial charge on any atom is -0.264 e. The number of pyridine rings is 5. The molecular weight excluding hydrogens is 947 g/mol. The van der Waals surface area contributed by atoms with Gasteiger partial charge in [-0.05, 0) is 203 Å². The van der Waals surface area contributed by atoms with Crippen LogP contribution in [0, 0.1) is 0 Å². The third kappa shape index (κ3) is 10.2. The molecule has 5 aromatic heterocycles. The van der Waals surface area contributed by atoms with Gasteiger partial charge in [-0.2, -0.15) is 0 Å². The first-order valence-electron chi connectivity index (χ1n) is 26.1. The van der Waals surface area contributed by atoms with Crippen molar-refractivity contribution in [3.05, 3.63) is 299 Å². The molecule has 0 atom stereocenters. The Morgan fingerprint density at radius 1 is 0.128 bits per heavy atom. The van der Waals surface area contributed by atoms with Crippen molar-refractivity contribution in [1.82, 2.24) is 24.9 Å². The van der Waals surface area contributed by atoms with Crippen LogP contribution in [0.25, 0.3) is 134 Å². The molecule has 0 aliphatic heterocycles. The van der Waals surface area contributed by atoms with E-state index in [2.05, 4.69) is 232 Å². The highest BCUT2D eigenvalue weighted by atomic mass is 14.6. The summed E-state index contributed by atoms with van der Waals surface area (Å²) in [5.74, 6) is 0. The topological polar surface area (TPSA) is 64.5 Å². The molecule has 0 fully saturated rings. The third-order valence-corrected chi connectivity index (χ3v) is 14.4. The first-order chi connectivity index (χ1) is 38.6. The molecule has 0 radical (unpaired) electrons. The van der Waals surface area contributed by atoms with Gasteiger partial charge >= 0.3 is 0 Å². The fraction of sp³-hybridized carbons (Fsp3) is 0. The van der Waals surface area contributed by atoms with Gasteiger partial charge in [-0.25, -0.2) is 0 Å². The number of nitrogens with zero attached hydrogens (tertiary/aromatic N) is 5. The summed E-state index contributed by atoms with van der Waals surface area (Å²) in [4.78, 5) is 22.5. The Morgan fingerprint density at radius 2 is 0.282 bits per heavy atom. The van der Waals surface area contributed by atoms with E-state index >= 15 is 0 Å². The van der Waals surface area contributed by atoms with Crippen molar-refractivity contribution in [3.63, 3.8) is 0 Å². The zero-order valence-corrected chi connectivity index (χ0v) is 42.5. The number of benzene rings is 8. The van der Waals surface area contributed by atoms with Crippen LogP contribution in [0.1, 0.15) is 0 Å². The Bertz CT molecular complexity index is 3780. The van der Waals surface area contributed by atoms with Crippen LogP contribution >= 0.6 is 0 Å². The molecule has 0 saturated carbocycles. The maximum atomic E-state index is 4.87. The first-order valence-corrected chi connectivity index (χ1v) is 26.1. The lowest BCUT2D eigenvalue weighted by atomic mass is 9.90. The molecule has 0 N–H and O–H groups in total. The molecule has 13 aromatic rings. The Kier molecular flexibility index (Phi) is 13.0. The van der Waals surface area contributed by atoms with E-state index in [1.165, 1.54) is 0 Å². The maximum Gasteiger partial charge on any atom is 0.0346 e. The predicted molar refractivity (Wildman–Crippen MR) is 321 cm³/mol. The Labute approximate surface area is 454 Å². The van der Waals surface area contributed by atoms with E-state index in [-0.39, 0.29) is 0 Å². The second kappa shape index (κ2) is 21.4. The standard InChI is InChI=1S/C73H49N5/c1-11-50(62-23-7-27-74-44-62)31-54(15-1)66-37-67(55-16-2-12-51(32-55)63-24-8-28-75-45-63)40-70(39-66)58-19-5-21-60(35-58)72-43-73(49-78-48-72)61-22-6-20-59(36-61)71-41-68(56-17-3-13-52(33-56)64-25-9-29-76-46-64)38-69(42-71)57-18-4-14-53(34-57)65-26-10-30-77-47-65/h1-49H. The van der Waals surface area contributed by atoms with E-state index in [4.69, 9.17) is 4.98 Å². The van der Waals surface area contributed by atoms with Crippen LogP contribution < -0.4 is 0 Å². The summed E-state index contributed by atoms with van der Waals surface area (Å²) in [7, 11) is 0. The fourth-order valence-corrected chi connectivity index (χ4v) is 10.4. The highest BCUT2D eigenvalue weighted by Crippen LogP contribution is 2.40. The quantitative estimate of drug-likeness (QED) is 0.122. The SMILES string of the molecule is c1cncc(-c2cccc(-c3cc(-c4cccc(-c5cccnc5)c4)cc(-c4cccc(-c5cncc(-c6cccc(-c7cc(-c8cccc(-c9cccnc9)c8)cc(-c8cccc(-c9cccnc9)c8)c7)c6)c5)c4)c3)c2)c1. The van der Waals surface area contributed by atoms with Crippen LogP contribution in [0.5, 0.6) is 0 Å². The van der Waals surface area contributed by atoms with Gasteiger partial charge in [0.25, 0.3) is 0 Å². The molecule has 0 spiro atoms. The minimum absolute atomic E-state index is 1.04. The lowest BCUT2D eigenvalue weighted by molar-refractivity contribution is 1.33. The highest BCUT2D eigenvalue weighted by molar-refractivity contribution is 5.88. The normalized spacial score (nSPS) is 11.1. The molecule has 0 amide bonds. The van der Waals surface area contributed by atoms with Gasteiger partial charge in [-0.15, -0.1) is 0 Å². The average Bonchev–Trinajstić information content (AvgIpc) is 3.56. The minimum atomic E-state index is 1.04. The van der Waals surface area contributed by atoms with E-state index in [1.54, 1.807) is 0 Å². The lowest BCUT2D eigenvalue weighted by Crippen LogP contribution is -1.90. The number of rotatable bonds is 12. The van der Waals surface area contributed by atoms with Crippen LogP contribution in [-0.4, -0.2) is 24.9 Å². The molecule has 5 heteroatoms. The summed E-state index contributed by atoms with van der Waals surface area (Å²) in [6.07, 6.45) is 18.9. The van der Waals surface area contributed by atoms with E-state index in [1.807, 2.05) is 86.2 Å². The summed E-state index contributed by atoms with van der Waals surface area (Å²) in [5.41, 5.74) is 26.5. The lowest BCUT2D eigenvalue weighted by Gasteiger charge is -2.14. The molecule has 0 aliphatic rings. The second-order valence-corrected chi connectivity index (χ2v) is 19.5. The summed E-state index contributed by atoms with van der Waals surface area (Å²) in [6, 6.07) is 85.1. The zero-order chi connectivity index (χ0) is 52.0. The molecule has 5 nitrogen and oxygen atoms in total. The fourth-order valence-electron chi connectivity index (χ4n) is 10.4. The van der Waals surface area contributed by atoms with Crippen molar-refractivity contribution < 1.29 is 0 Å². The number of hydrogen-bond donors (Lipinski definition) is 0. The predicted octanol–water partition coefficient (Wildman–Crippen LogP) is 18.7. The van der Waals surface area contributed by atoms with Gasteiger partial charge in [-0.3, -0.25) is 24.9 Å². The van der Waals surface area contributed by atoms with E-state index in [0.29, 0.717) is 0 Å². The van der Waals surface area contributed by atoms with E-state index in [9.17, 15) is 0 Å². The number of aromatic nitrogens is 5. The Hall–Kier alpha value is -10.5. The molecule has 8 aromatic carbocycles. The molecular formula is C73H49N5. The molecule has 366 valence electrons. The van der Waals surface area contributed by atoms with Crippen molar-refractivity contribution in [1.29, 1.82) is 0 Å². The second-order valence-electron chi connectivity index (χ2n) is 19.5. The van der Waals surface area contributed by atoms with Gasteiger partial charge in [0.2, 0.25) is 0 Å². The Morgan fingerprint density at radius 3 is 0.487 bits per heavy atom. The molecule has 0 aliphatic carbocycles. The van der Waals surface area contributed by atoms with Gasteiger partial charge < -0.3 is 0 Å². The Balaban J connectivity index is 0.867. The smallest absolute Gasteiger partial charge is 0.0346 e. The van der Waals surface area contributed by atoms with Gasteiger partial charge in [-0.1, -0.05) is 133 Å². The zero-order valence-electron chi connectivity index (χ0n) is 42.5. The molecule has 5 heterocycles. The summed E-state index contributed by atoms with van der Waals surface area (Å²) in [5, 5.41) is 0. The van der Waals surface area contributed by atoms with Crippen LogP contribution in [0.15, 0.2) is 299 Å². The van der Waals surface area contributed by atoms with E-state index in [0.717, 1.165) is 134 Å². The average molecular weight is 996 g/mol. The van der Waals surface area contributed by atoms with Crippen molar-refractivity contribution in [2.45, 2.75) is 0 Å². The van der Waals surface area contributed by atoms with Crippen LogP contribution in [0.3, 0.4) is 0 Å². The molecule has 13 rings (SSSR count). The first kappa shape index (κ1) is 47.2. The van der Waals surface area contributed by atoms with Gasteiger partial charge in [0, 0.05) is 95.3 Å². The summed E-state index contributed by atoms with van der Waals surface area (Å²) >= 11 is 0. The molecule has 0 saturated heterocycles. The highest BCUT2D eigenvalue weighted by Gasteiger charge is 2.15. The van der Waals surface area contributed by atoms with Crippen molar-refractivity contribution in [2.75, 3.05) is 0 Å². The number of hydrogen-bond acceptors (Lipinski definition) is 5. The van der Waals surface area contributed by atoms with Crippen LogP contribution in [0.2, 0.25) is 0 Å². The van der Waals surface area contributed by atoms with Gasteiger partial charge in [0.05, 0.1) is 0 Å². The molecule has 78 heavy (non-hydrogen) atoms. The van der Waals surface area contributed by atoms with Gasteiger partial charge in [0.1, 0.15) is 0 Å². The van der Waals surface area contributed by atoms with Crippen LogP contribution in [-0.2, 0) is 0 Å².